The molecule has 0 aliphatic carbocycles. The Morgan fingerprint density at radius 2 is 2.06 bits per heavy atom. The van der Waals surface area contributed by atoms with Gasteiger partial charge in [0.25, 0.3) is 0 Å². The van der Waals surface area contributed by atoms with E-state index in [2.05, 4.69) is 9.97 Å². The van der Waals surface area contributed by atoms with E-state index in [9.17, 15) is 8.78 Å². The summed E-state index contributed by atoms with van der Waals surface area (Å²) in [7, 11) is 0. The summed E-state index contributed by atoms with van der Waals surface area (Å²) in [6, 6.07) is 10.7. The number of hydrogen-bond donors (Lipinski definition) is 1. The van der Waals surface area contributed by atoms with Crippen molar-refractivity contribution in [1.82, 2.24) is 9.97 Å². The van der Waals surface area contributed by atoms with Gasteiger partial charge < -0.3 is 20.1 Å². The lowest BCUT2D eigenvalue weighted by Gasteiger charge is -2.39. The number of nitrogens with two attached hydrogens (primary N) is 1. The van der Waals surface area contributed by atoms with Gasteiger partial charge in [0.2, 0.25) is 11.8 Å². The smallest absolute Gasteiger partial charge is 0.225 e. The van der Waals surface area contributed by atoms with Crippen LogP contribution in [0.1, 0.15) is 17.5 Å². The van der Waals surface area contributed by atoms with Crippen LogP contribution in [0.5, 0.6) is 11.6 Å². The molecule has 168 valence electrons. The number of anilines is 1. The first-order chi connectivity index (χ1) is 16.0. The highest BCUT2D eigenvalue weighted by atomic mass is 19.1. The fourth-order valence-corrected chi connectivity index (χ4v) is 4.79. The van der Waals surface area contributed by atoms with Gasteiger partial charge in [-0.05, 0) is 42.3 Å². The van der Waals surface area contributed by atoms with E-state index < -0.39 is 17.7 Å². The Balaban J connectivity index is 1.54. The number of amidine groups is 1. The highest BCUT2D eigenvalue weighted by Crippen LogP contribution is 2.51. The highest BCUT2D eigenvalue weighted by molar-refractivity contribution is 5.84. The second-order valence-corrected chi connectivity index (χ2v) is 8.49. The van der Waals surface area contributed by atoms with Gasteiger partial charge in [-0.3, -0.25) is 4.99 Å². The number of halogens is 2. The van der Waals surface area contributed by atoms with E-state index in [4.69, 9.17) is 20.2 Å². The predicted molar refractivity (Wildman–Crippen MR) is 119 cm³/mol. The van der Waals surface area contributed by atoms with E-state index in [-0.39, 0.29) is 13.2 Å². The maximum atomic E-state index is 14.4. The molecule has 1 spiro atoms. The molecule has 0 unspecified atom stereocenters. The standard InChI is InChI=1S/C24H21F2N5O2/c25-15-5-7-31(11-15)16-9-19-23(29-10-16)33-20-4-3-14(17-2-1-6-28-22(17)26)8-18(20)24(19)13-32-12-21(27)30-24/h1-4,6,8-10,15H,5,7,11-13H2,(H2,27,30)/t15-,24+/m1/s1. The summed E-state index contributed by atoms with van der Waals surface area (Å²) in [6.07, 6.45) is 2.71. The van der Waals surface area contributed by atoms with Gasteiger partial charge in [0.05, 0.1) is 24.1 Å². The minimum Gasteiger partial charge on any atom is -0.438 e. The molecule has 9 heteroatoms. The first kappa shape index (κ1) is 20.0. The third-order valence-electron chi connectivity index (χ3n) is 6.38. The Hall–Kier alpha value is -3.59. The van der Waals surface area contributed by atoms with Gasteiger partial charge >= 0.3 is 0 Å². The maximum absolute atomic E-state index is 14.4. The minimum absolute atomic E-state index is 0.215. The van der Waals surface area contributed by atoms with E-state index in [0.29, 0.717) is 59.2 Å². The third-order valence-corrected chi connectivity index (χ3v) is 6.38. The number of benzene rings is 1. The molecule has 2 aromatic heterocycles. The Kier molecular flexibility index (Phi) is 4.55. The monoisotopic (exact) mass is 449 g/mol. The number of ether oxygens (including phenoxy) is 2. The van der Waals surface area contributed by atoms with E-state index >= 15 is 0 Å². The summed E-state index contributed by atoms with van der Waals surface area (Å²) >= 11 is 0. The van der Waals surface area contributed by atoms with E-state index in [0.717, 1.165) is 5.69 Å². The quantitative estimate of drug-likeness (QED) is 0.602. The number of aliphatic imine (C=N–C) groups is 1. The predicted octanol–water partition coefficient (Wildman–Crippen LogP) is 3.57. The largest absolute Gasteiger partial charge is 0.438 e. The van der Waals surface area contributed by atoms with Gasteiger partial charge in [-0.1, -0.05) is 6.07 Å². The number of aromatic nitrogens is 2. The summed E-state index contributed by atoms with van der Waals surface area (Å²) < 4.78 is 40.3. The molecule has 3 aromatic rings. The second kappa shape index (κ2) is 7.48. The molecule has 0 saturated carbocycles. The van der Waals surface area contributed by atoms with Crippen LogP contribution >= 0.6 is 0 Å². The van der Waals surface area contributed by atoms with Gasteiger partial charge in [-0.2, -0.15) is 4.39 Å². The summed E-state index contributed by atoms with van der Waals surface area (Å²) in [5, 5.41) is 0. The Morgan fingerprint density at radius 3 is 2.85 bits per heavy atom. The molecule has 5 heterocycles. The lowest BCUT2D eigenvalue weighted by molar-refractivity contribution is 0.109. The number of hydrogen-bond acceptors (Lipinski definition) is 7. The van der Waals surface area contributed by atoms with Crippen molar-refractivity contribution < 1.29 is 18.3 Å². The molecule has 0 bridgehead atoms. The fourth-order valence-electron chi connectivity index (χ4n) is 4.79. The van der Waals surface area contributed by atoms with Crippen LogP contribution in [0.3, 0.4) is 0 Å². The molecular weight excluding hydrogens is 428 g/mol. The van der Waals surface area contributed by atoms with Crippen LogP contribution < -0.4 is 15.4 Å². The Morgan fingerprint density at radius 1 is 1.15 bits per heavy atom. The molecule has 0 radical (unpaired) electrons. The molecular formula is C24H21F2N5O2. The first-order valence-electron chi connectivity index (χ1n) is 10.8. The van der Waals surface area contributed by atoms with Gasteiger partial charge in [-0.15, -0.1) is 0 Å². The summed E-state index contributed by atoms with van der Waals surface area (Å²) in [6.45, 7) is 1.36. The van der Waals surface area contributed by atoms with E-state index in [1.807, 2.05) is 17.0 Å². The first-order valence-corrected chi connectivity index (χ1v) is 10.8. The van der Waals surface area contributed by atoms with Crippen molar-refractivity contribution >= 4 is 11.5 Å². The average Bonchev–Trinajstić information content (AvgIpc) is 3.26. The highest BCUT2D eigenvalue weighted by Gasteiger charge is 2.46. The molecule has 1 fully saturated rings. The molecule has 6 rings (SSSR count). The molecule has 2 atom stereocenters. The topological polar surface area (TPSA) is 85.9 Å². The molecule has 3 aliphatic heterocycles. The Labute approximate surface area is 188 Å². The van der Waals surface area contributed by atoms with Crippen molar-refractivity contribution in [2.75, 3.05) is 31.2 Å². The molecule has 3 aliphatic rings. The normalized spacial score (nSPS) is 23.6. The zero-order chi connectivity index (χ0) is 22.6. The molecule has 33 heavy (non-hydrogen) atoms. The molecule has 7 nitrogen and oxygen atoms in total. The summed E-state index contributed by atoms with van der Waals surface area (Å²) in [5.41, 5.74) is 8.29. The van der Waals surface area contributed by atoms with Crippen molar-refractivity contribution in [2.45, 2.75) is 18.1 Å². The minimum atomic E-state index is -1.02. The summed E-state index contributed by atoms with van der Waals surface area (Å²) in [5.74, 6) is 0.714. The average molecular weight is 449 g/mol. The van der Waals surface area contributed by atoms with E-state index in [1.165, 1.54) is 6.20 Å². The fraction of sp³-hybridized carbons (Fsp3) is 0.292. The zero-order valence-electron chi connectivity index (χ0n) is 17.7. The van der Waals surface area contributed by atoms with Crippen molar-refractivity contribution in [3.8, 4) is 22.8 Å². The van der Waals surface area contributed by atoms with Crippen LogP contribution in [0, 0.1) is 5.95 Å². The molecule has 1 aromatic carbocycles. The van der Waals surface area contributed by atoms with Crippen LogP contribution in [-0.2, 0) is 10.3 Å². The van der Waals surface area contributed by atoms with Crippen LogP contribution in [0.15, 0.2) is 53.8 Å². The zero-order valence-corrected chi connectivity index (χ0v) is 17.7. The van der Waals surface area contributed by atoms with Crippen molar-refractivity contribution in [3.63, 3.8) is 0 Å². The van der Waals surface area contributed by atoms with Gasteiger partial charge in [0.15, 0.2) is 0 Å². The van der Waals surface area contributed by atoms with Crippen LogP contribution in [0.25, 0.3) is 11.1 Å². The Bertz CT molecular complexity index is 1280. The molecule has 1 saturated heterocycles. The lowest BCUT2D eigenvalue weighted by Crippen LogP contribution is -2.42. The number of rotatable bonds is 2. The van der Waals surface area contributed by atoms with Gasteiger partial charge in [0.1, 0.15) is 29.9 Å². The van der Waals surface area contributed by atoms with Crippen LogP contribution in [-0.4, -0.2) is 48.3 Å². The number of alkyl halides is 1. The van der Waals surface area contributed by atoms with Crippen LogP contribution in [0.4, 0.5) is 14.5 Å². The van der Waals surface area contributed by atoms with Crippen molar-refractivity contribution in [1.29, 1.82) is 0 Å². The van der Waals surface area contributed by atoms with Crippen molar-refractivity contribution in [3.05, 3.63) is 65.9 Å². The molecule has 0 amide bonds. The summed E-state index contributed by atoms with van der Waals surface area (Å²) in [4.78, 5) is 15.1. The second-order valence-electron chi connectivity index (χ2n) is 8.49. The number of pyridine rings is 2. The number of fused-ring (bicyclic) bond motifs is 4. The van der Waals surface area contributed by atoms with Gasteiger partial charge in [0, 0.05) is 30.4 Å². The van der Waals surface area contributed by atoms with Crippen molar-refractivity contribution in [2.24, 2.45) is 10.7 Å². The lowest BCUT2D eigenvalue weighted by atomic mass is 9.80. The maximum Gasteiger partial charge on any atom is 0.225 e. The molecule has 2 N–H and O–H groups in total. The SMILES string of the molecule is NC1=N[C@@]2(COC1)c1cc(-c3cccnc3F)ccc1Oc1ncc(N3CC[C@@H](F)C3)cc12. The van der Waals surface area contributed by atoms with Crippen LogP contribution in [0.2, 0.25) is 0 Å². The van der Waals surface area contributed by atoms with E-state index in [1.54, 1.807) is 30.5 Å². The third kappa shape index (κ3) is 3.22. The van der Waals surface area contributed by atoms with Gasteiger partial charge in [-0.25, -0.2) is 14.4 Å². The number of nitrogens with zero attached hydrogens (tertiary/aromatic N) is 4.